The average Bonchev–Trinajstić information content (AvgIpc) is 3.15. The fourth-order valence-electron chi connectivity index (χ4n) is 3.55. The molecule has 5 nitrogen and oxygen atoms in total. The molecule has 1 aromatic carbocycles. The van der Waals surface area contributed by atoms with E-state index in [0.29, 0.717) is 23.7 Å². The first-order valence-corrected chi connectivity index (χ1v) is 10.4. The van der Waals surface area contributed by atoms with Crippen LogP contribution in [0.1, 0.15) is 48.6 Å². The minimum Gasteiger partial charge on any atom is -0.481 e. The van der Waals surface area contributed by atoms with Crippen LogP contribution in [0.15, 0.2) is 36.4 Å². The van der Waals surface area contributed by atoms with Gasteiger partial charge in [-0.2, -0.15) is 0 Å². The van der Waals surface area contributed by atoms with Crippen LogP contribution in [0, 0.1) is 0 Å². The van der Waals surface area contributed by atoms with Gasteiger partial charge in [0.15, 0.2) is 0 Å². The van der Waals surface area contributed by atoms with Crippen molar-refractivity contribution in [2.24, 2.45) is 0 Å². The SMILES string of the molecule is CCc1ccc(/C(=C/[C@H]2CCC(=O)N2)c2ccc(CCCO)c(Cl)c2)nc1OC. The monoisotopic (exact) mass is 414 g/mol. The minimum absolute atomic E-state index is 0.0380. The molecule has 1 fully saturated rings. The number of nitrogens with zero attached hydrogens (tertiary/aromatic N) is 1. The number of aryl methyl sites for hydroxylation is 2. The summed E-state index contributed by atoms with van der Waals surface area (Å²) in [6.45, 7) is 2.20. The number of halogens is 1. The second-order valence-corrected chi connectivity index (χ2v) is 7.55. The Balaban J connectivity index is 2.03. The van der Waals surface area contributed by atoms with Crippen molar-refractivity contribution >= 4 is 23.1 Å². The molecule has 154 valence electrons. The molecule has 1 atom stereocenters. The third-order valence-electron chi connectivity index (χ3n) is 5.15. The number of benzene rings is 1. The zero-order chi connectivity index (χ0) is 20.8. The van der Waals surface area contributed by atoms with E-state index in [0.717, 1.165) is 47.2 Å². The first kappa shape index (κ1) is 21.3. The van der Waals surface area contributed by atoms with E-state index >= 15 is 0 Å². The molecule has 2 aromatic rings. The van der Waals surface area contributed by atoms with Crippen molar-refractivity contribution in [2.75, 3.05) is 13.7 Å². The summed E-state index contributed by atoms with van der Waals surface area (Å²) in [4.78, 5) is 16.4. The molecule has 0 unspecified atom stereocenters. The Morgan fingerprint density at radius 2 is 2.14 bits per heavy atom. The molecule has 1 aliphatic rings. The first-order valence-electron chi connectivity index (χ1n) is 10.0. The quantitative estimate of drug-likeness (QED) is 0.686. The summed E-state index contributed by atoms with van der Waals surface area (Å²) in [6.07, 6.45) is 5.57. The number of methoxy groups -OCH3 is 1. The van der Waals surface area contributed by atoms with Gasteiger partial charge < -0.3 is 15.2 Å². The smallest absolute Gasteiger partial charge is 0.220 e. The first-order chi connectivity index (χ1) is 14.0. The molecule has 1 aliphatic heterocycles. The molecule has 1 aromatic heterocycles. The number of nitrogens with one attached hydrogen (secondary N) is 1. The van der Waals surface area contributed by atoms with Crippen molar-refractivity contribution in [1.29, 1.82) is 0 Å². The van der Waals surface area contributed by atoms with Gasteiger partial charge in [0.25, 0.3) is 0 Å². The van der Waals surface area contributed by atoms with E-state index < -0.39 is 0 Å². The van der Waals surface area contributed by atoms with E-state index in [2.05, 4.69) is 18.3 Å². The molecule has 2 heterocycles. The van der Waals surface area contributed by atoms with Gasteiger partial charge in [-0.25, -0.2) is 4.98 Å². The Bertz CT molecular complexity index is 911. The average molecular weight is 415 g/mol. The largest absolute Gasteiger partial charge is 0.481 e. The Morgan fingerprint density at radius 3 is 2.76 bits per heavy atom. The number of aliphatic hydroxyl groups excluding tert-OH is 1. The molecular weight excluding hydrogens is 388 g/mol. The van der Waals surface area contributed by atoms with Crippen molar-refractivity contribution in [3.05, 3.63) is 63.8 Å². The van der Waals surface area contributed by atoms with Gasteiger partial charge in [-0.3, -0.25) is 4.79 Å². The van der Waals surface area contributed by atoms with E-state index in [-0.39, 0.29) is 18.6 Å². The van der Waals surface area contributed by atoms with Crippen molar-refractivity contribution in [3.63, 3.8) is 0 Å². The third kappa shape index (κ3) is 5.17. The number of carbonyl (C=O) groups excluding carboxylic acids is 1. The highest BCUT2D eigenvalue weighted by Gasteiger charge is 2.21. The maximum atomic E-state index is 11.7. The zero-order valence-electron chi connectivity index (χ0n) is 16.9. The third-order valence-corrected chi connectivity index (χ3v) is 5.51. The second-order valence-electron chi connectivity index (χ2n) is 7.14. The zero-order valence-corrected chi connectivity index (χ0v) is 17.6. The van der Waals surface area contributed by atoms with E-state index in [1.165, 1.54) is 0 Å². The molecule has 3 rings (SSSR count). The standard InChI is InChI=1S/C23H27ClN2O3/c1-3-15-8-10-21(26-23(15)29-2)19(14-18-9-11-22(28)25-18)17-7-6-16(5-4-12-27)20(24)13-17/h6-8,10,13-14,18,27H,3-5,9,11-12H2,1-2H3,(H,25,28)/b19-14+/t18-/m1/s1. The predicted molar refractivity (Wildman–Crippen MR) is 115 cm³/mol. The predicted octanol–water partition coefficient (Wildman–Crippen LogP) is 3.94. The van der Waals surface area contributed by atoms with Gasteiger partial charge in [-0.1, -0.05) is 42.8 Å². The maximum absolute atomic E-state index is 11.7. The molecule has 2 N–H and O–H groups in total. The molecule has 0 saturated carbocycles. The number of aromatic nitrogens is 1. The molecule has 0 aliphatic carbocycles. The molecule has 0 spiro atoms. The van der Waals surface area contributed by atoms with Gasteiger partial charge in [0.05, 0.1) is 12.8 Å². The lowest BCUT2D eigenvalue weighted by molar-refractivity contribution is -0.119. The van der Waals surface area contributed by atoms with Gasteiger partial charge in [0.1, 0.15) is 0 Å². The van der Waals surface area contributed by atoms with Gasteiger partial charge in [0, 0.05) is 35.2 Å². The molecule has 1 saturated heterocycles. The highest BCUT2D eigenvalue weighted by Crippen LogP contribution is 2.30. The van der Waals surface area contributed by atoms with Gasteiger partial charge >= 0.3 is 0 Å². The van der Waals surface area contributed by atoms with E-state index in [4.69, 9.17) is 26.4 Å². The van der Waals surface area contributed by atoms with Crippen molar-refractivity contribution in [2.45, 2.75) is 45.1 Å². The fraction of sp³-hybridized carbons (Fsp3) is 0.391. The highest BCUT2D eigenvalue weighted by atomic mass is 35.5. The number of hydrogen-bond acceptors (Lipinski definition) is 4. The van der Waals surface area contributed by atoms with Crippen LogP contribution in [0.25, 0.3) is 5.57 Å². The van der Waals surface area contributed by atoms with Crippen molar-refractivity contribution in [3.8, 4) is 5.88 Å². The molecule has 0 radical (unpaired) electrons. The fourth-order valence-corrected chi connectivity index (χ4v) is 3.82. The van der Waals surface area contributed by atoms with Crippen LogP contribution in [0.3, 0.4) is 0 Å². The van der Waals surface area contributed by atoms with Gasteiger partial charge in [-0.05, 0) is 48.9 Å². The van der Waals surface area contributed by atoms with Crippen molar-refractivity contribution in [1.82, 2.24) is 10.3 Å². The summed E-state index contributed by atoms with van der Waals surface area (Å²) in [6, 6.07) is 9.91. The van der Waals surface area contributed by atoms with Crippen LogP contribution in [0.2, 0.25) is 5.02 Å². The van der Waals surface area contributed by atoms with Gasteiger partial charge in [0.2, 0.25) is 11.8 Å². The van der Waals surface area contributed by atoms with Crippen molar-refractivity contribution < 1.29 is 14.6 Å². The second kappa shape index (κ2) is 9.90. The van der Waals surface area contributed by atoms with Crippen LogP contribution in [-0.2, 0) is 17.6 Å². The molecule has 6 heteroatoms. The van der Waals surface area contributed by atoms with E-state index in [1.54, 1.807) is 7.11 Å². The normalized spacial score (nSPS) is 16.8. The summed E-state index contributed by atoms with van der Waals surface area (Å²) in [5.74, 6) is 0.673. The topological polar surface area (TPSA) is 71.5 Å². The Labute approximate surface area is 176 Å². The summed E-state index contributed by atoms with van der Waals surface area (Å²) in [5.41, 5.74) is 4.67. The van der Waals surface area contributed by atoms with Crippen LogP contribution in [0.5, 0.6) is 5.88 Å². The maximum Gasteiger partial charge on any atom is 0.220 e. The number of pyridine rings is 1. The summed E-state index contributed by atoms with van der Waals surface area (Å²) < 4.78 is 5.48. The molecular formula is C23H27ClN2O3. The van der Waals surface area contributed by atoms with Gasteiger partial charge in [-0.15, -0.1) is 0 Å². The Morgan fingerprint density at radius 1 is 1.34 bits per heavy atom. The number of carbonyl (C=O) groups is 1. The van der Waals surface area contributed by atoms with Crippen LogP contribution >= 0.6 is 11.6 Å². The van der Waals surface area contributed by atoms with E-state index in [9.17, 15) is 4.79 Å². The minimum atomic E-state index is -0.0380. The molecule has 0 bridgehead atoms. The van der Waals surface area contributed by atoms with Crippen LogP contribution < -0.4 is 10.1 Å². The number of hydrogen-bond donors (Lipinski definition) is 2. The summed E-state index contributed by atoms with van der Waals surface area (Å²) >= 11 is 6.52. The Kier molecular flexibility index (Phi) is 7.29. The number of ether oxygens (including phenoxy) is 1. The summed E-state index contributed by atoms with van der Waals surface area (Å²) in [7, 11) is 1.62. The Hall–Kier alpha value is -2.37. The van der Waals surface area contributed by atoms with Crippen LogP contribution in [0.4, 0.5) is 0 Å². The lowest BCUT2D eigenvalue weighted by Crippen LogP contribution is -2.23. The molecule has 1 amide bonds. The highest BCUT2D eigenvalue weighted by molar-refractivity contribution is 6.31. The number of rotatable bonds is 8. The lowest BCUT2D eigenvalue weighted by Gasteiger charge is -2.15. The number of aliphatic hydroxyl groups is 1. The summed E-state index contributed by atoms with van der Waals surface area (Å²) in [5, 5.41) is 12.7. The number of amides is 1. The molecule has 29 heavy (non-hydrogen) atoms. The lowest BCUT2D eigenvalue weighted by atomic mass is 9.96. The van der Waals surface area contributed by atoms with Crippen LogP contribution in [-0.4, -0.2) is 35.8 Å². The van der Waals surface area contributed by atoms with E-state index in [1.807, 2.05) is 30.3 Å².